The molecule has 6 nitrogen and oxygen atoms in total. The Morgan fingerprint density at radius 3 is 2.83 bits per heavy atom. The van der Waals surface area contributed by atoms with Crippen molar-refractivity contribution in [1.29, 1.82) is 0 Å². The van der Waals surface area contributed by atoms with Crippen LogP contribution in [-0.4, -0.2) is 54.7 Å². The first-order chi connectivity index (χ1) is 8.61. The molecule has 0 saturated carbocycles. The van der Waals surface area contributed by atoms with E-state index < -0.39 is 19.1 Å². The van der Waals surface area contributed by atoms with Crippen LogP contribution in [0.2, 0.25) is 0 Å². The van der Waals surface area contributed by atoms with Gasteiger partial charge >= 0.3 is 0 Å². The highest BCUT2D eigenvalue weighted by atomic mass is 19.3. The van der Waals surface area contributed by atoms with Crippen LogP contribution in [0.15, 0.2) is 4.52 Å². The monoisotopic (exact) mass is 266 g/mol. The highest BCUT2D eigenvalue weighted by molar-refractivity contribution is 4.88. The summed E-state index contributed by atoms with van der Waals surface area (Å²) in [5, 5.41) is 13.1. The molecular weight excluding hydrogens is 250 g/mol. The number of aliphatic hydroxyl groups excluding tert-OH is 1. The normalized spacial score (nSPS) is 13.2. The third-order valence-corrected chi connectivity index (χ3v) is 1.99. The van der Waals surface area contributed by atoms with Crippen molar-refractivity contribution in [2.45, 2.75) is 25.4 Å². The lowest BCUT2D eigenvalue weighted by Crippen LogP contribution is -2.17. The largest absolute Gasteiger partial charge is 0.390 e. The van der Waals surface area contributed by atoms with E-state index in [-0.39, 0.29) is 31.9 Å². The molecule has 0 aliphatic carbocycles. The molecule has 1 aromatic heterocycles. The van der Waals surface area contributed by atoms with Gasteiger partial charge in [-0.15, -0.1) is 0 Å². The third-order valence-electron chi connectivity index (χ3n) is 1.99. The van der Waals surface area contributed by atoms with E-state index in [1.165, 1.54) is 7.11 Å². The first kappa shape index (κ1) is 14.9. The molecule has 1 aromatic rings. The predicted molar refractivity (Wildman–Crippen MR) is 56.4 cm³/mol. The van der Waals surface area contributed by atoms with Crippen LogP contribution in [0.5, 0.6) is 0 Å². The number of methoxy groups -OCH3 is 1. The second kappa shape index (κ2) is 8.06. The molecule has 0 saturated heterocycles. The molecule has 1 atom stereocenters. The summed E-state index contributed by atoms with van der Waals surface area (Å²) in [4.78, 5) is 3.99. The minimum absolute atomic E-state index is 0.101. The first-order valence-electron chi connectivity index (χ1n) is 5.46. The predicted octanol–water partition coefficient (Wildman–Crippen LogP) is 0.444. The van der Waals surface area contributed by atoms with Crippen molar-refractivity contribution in [2.24, 2.45) is 0 Å². The van der Waals surface area contributed by atoms with Gasteiger partial charge in [0.25, 0.3) is 6.43 Å². The summed E-state index contributed by atoms with van der Waals surface area (Å²) < 4.78 is 37.9. The minimum Gasteiger partial charge on any atom is -0.390 e. The Labute approximate surface area is 103 Å². The van der Waals surface area contributed by atoms with Crippen molar-refractivity contribution in [3.8, 4) is 0 Å². The summed E-state index contributed by atoms with van der Waals surface area (Å²) in [5.41, 5.74) is 0. The zero-order chi connectivity index (χ0) is 13.4. The Bertz CT molecular complexity index is 335. The third kappa shape index (κ3) is 5.99. The quantitative estimate of drug-likeness (QED) is 0.654. The molecule has 0 aliphatic heterocycles. The van der Waals surface area contributed by atoms with Crippen LogP contribution in [0.25, 0.3) is 0 Å². The molecule has 104 valence electrons. The maximum Gasteiger partial charge on any atom is 0.261 e. The summed E-state index contributed by atoms with van der Waals surface area (Å²) in [6.07, 6.45) is -2.71. The smallest absolute Gasteiger partial charge is 0.261 e. The average molecular weight is 266 g/mol. The van der Waals surface area contributed by atoms with Crippen LogP contribution in [0.3, 0.4) is 0 Å². The fourth-order valence-electron chi connectivity index (χ4n) is 1.26. The summed E-state index contributed by atoms with van der Waals surface area (Å²) in [6.45, 7) is -0.323. The molecule has 0 aromatic carbocycles. The average Bonchev–Trinajstić information content (AvgIpc) is 2.72. The van der Waals surface area contributed by atoms with Crippen LogP contribution < -0.4 is 0 Å². The van der Waals surface area contributed by atoms with E-state index in [0.29, 0.717) is 5.82 Å². The lowest BCUT2D eigenvalue weighted by atomic mass is 10.3. The van der Waals surface area contributed by atoms with Crippen LogP contribution in [0.4, 0.5) is 8.78 Å². The number of hydrogen-bond acceptors (Lipinski definition) is 6. The Morgan fingerprint density at radius 2 is 2.17 bits per heavy atom. The number of halogens is 2. The number of aromatic nitrogens is 2. The number of rotatable bonds is 9. The van der Waals surface area contributed by atoms with Crippen molar-refractivity contribution in [3.05, 3.63) is 11.7 Å². The molecule has 0 aliphatic rings. The Kier molecular flexibility index (Phi) is 6.69. The number of nitrogens with zero attached hydrogens (tertiary/aromatic N) is 2. The zero-order valence-corrected chi connectivity index (χ0v) is 10.0. The fraction of sp³-hybridized carbons (Fsp3) is 0.800. The lowest BCUT2D eigenvalue weighted by molar-refractivity contribution is 0.0182. The van der Waals surface area contributed by atoms with Crippen molar-refractivity contribution in [1.82, 2.24) is 10.1 Å². The number of aliphatic hydroxyl groups is 1. The van der Waals surface area contributed by atoms with E-state index in [2.05, 4.69) is 14.9 Å². The standard InChI is InChI=1S/C10H16F2N2O4/c1-16-5-7(15)4-10-13-9(14-18-10)2-3-17-6-8(11)12/h7-8,15H,2-6H2,1H3. The van der Waals surface area contributed by atoms with Gasteiger partial charge < -0.3 is 19.1 Å². The molecule has 0 bridgehead atoms. The molecule has 1 N–H and O–H groups in total. The van der Waals surface area contributed by atoms with Gasteiger partial charge in [-0.25, -0.2) is 8.78 Å². The summed E-state index contributed by atoms with van der Waals surface area (Å²) in [7, 11) is 1.48. The van der Waals surface area contributed by atoms with Crippen LogP contribution in [-0.2, 0) is 22.3 Å². The molecule has 0 radical (unpaired) electrons. The zero-order valence-electron chi connectivity index (χ0n) is 10.0. The second-order valence-electron chi connectivity index (χ2n) is 3.63. The molecule has 0 spiro atoms. The summed E-state index contributed by atoms with van der Waals surface area (Å²) in [5.74, 6) is 0.646. The highest BCUT2D eigenvalue weighted by Gasteiger charge is 2.12. The van der Waals surface area contributed by atoms with E-state index in [9.17, 15) is 13.9 Å². The van der Waals surface area contributed by atoms with Gasteiger partial charge in [-0.2, -0.15) is 4.98 Å². The van der Waals surface area contributed by atoms with Crippen molar-refractivity contribution in [2.75, 3.05) is 26.9 Å². The topological polar surface area (TPSA) is 77.6 Å². The molecular formula is C10H16F2N2O4. The van der Waals surface area contributed by atoms with Crippen molar-refractivity contribution < 1.29 is 27.9 Å². The van der Waals surface area contributed by atoms with E-state index in [0.717, 1.165) is 0 Å². The SMILES string of the molecule is COCC(O)Cc1nc(CCOCC(F)F)no1. The maximum atomic E-state index is 11.8. The molecule has 0 fully saturated rings. The van der Waals surface area contributed by atoms with E-state index in [1.807, 2.05) is 0 Å². The Hall–Kier alpha value is -1.12. The van der Waals surface area contributed by atoms with Gasteiger partial charge in [0.15, 0.2) is 5.82 Å². The van der Waals surface area contributed by atoms with Crippen LogP contribution in [0.1, 0.15) is 11.7 Å². The van der Waals surface area contributed by atoms with Gasteiger partial charge in [0.1, 0.15) is 6.61 Å². The van der Waals surface area contributed by atoms with Gasteiger partial charge in [0.05, 0.1) is 25.7 Å². The van der Waals surface area contributed by atoms with E-state index in [1.54, 1.807) is 0 Å². The van der Waals surface area contributed by atoms with Gasteiger partial charge in [0, 0.05) is 13.5 Å². The maximum absolute atomic E-state index is 11.8. The first-order valence-corrected chi connectivity index (χ1v) is 5.46. The Balaban J connectivity index is 2.25. The molecule has 8 heteroatoms. The van der Waals surface area contributed by atoms with E-state index >= 15 is 0 Å². The summed E-state index contributed by atoms with van der Waals surface area (Å²) in [6, 6.07) is 0. The number of alkyl halides is 2. The fourth-order valence-corrected chi connectivity index (χ4v) is 1.26. The number of ether oxygens (including phenoxy) is 2. The van der Waals surface area contributed by atoms with Gasteiger partial charge in [0.2, 0.25) is 5.89 Å². The van der Waals surface area contributed by atoms with Crippen LogP contribution >= 0.6 is 0 Å². The Morgan fingerprint density at radius 1 is 1.39 bits per heavy atom. The van der Waals surface area contributed by atoms with E-state index in [4.69, 9.17) is 9.26 Å². The second-order valence-corrected chi connectivity index (χ2v) is 3.63. The molecule has 1 rings (SSSR count). The number of hydrogen-bond donors (Lipinski definition) is 1. The minimum atomic E-state index is -2.48. The van der Waals surface area contributed by atoms with Crippen molar-refractivity contribution >= 4 is 0 Å². The molecule has 18 heavy (non-hydrogen) atoms. The summed E-state index contributed by atoms with van der Waals surface area (Å²) >= 11 is 0. The van der Waals surface area contributed by atoms with Crippen molar-refractivity contribution in [3.63, 3.8) is 0 Å². The molecule has 1 heterocycles. The van der Waals surface area contributed by atoms with Gasteiger partial charge in [-0.1, -0.05) is 5.16 Å². The van der Waals surface area contributed by atoms with Gasteiger partial charge in [-0.3, -0.25) is 0 Å². The highest BCUT2D eigenvalue weighted by Crippen LogP contribution is 2.03. The molecule has 0 amide bonds. The van der Waals surface area contributed by atoms with Crippen LogP contribution in [0, 0.1) is 0 Å². The molecule has 1 unspecified atom stereocenters. The lowest BCUT2D eigenvalue weighted by Gasteiger charge is -2.04. The van der Waals surface area contributed by atoms with Gasteiger partial charge in [-0.05, 0) is 0 Å².